The minimum atomic E-state index is -4.28. The van der Waals surface area contributed by atoms with Crippen molar-refractivity contribution in [3.05, 3.63) is 29.8 Å². The highest BCUT2D eigenvalue weighted by atomic mass is 19.3. The van der Waals surface area contributed by atoms with Gasteiger partial charge in [0.1, 0.15) is 17.3 Å². The highest BCUT2D eigenvalue weighted by molar-refractivity contribution is 5.90. The van der Waals surface area contributed by atoms with E-state index in [9.17, 15) is 28.3 Å². The van der Waals surface area contributed by atoms with Crippen molar-refractivity contribution < 1.29 is 42.5 Å². The summed E-state index contributed by atoms with van der Waals surface area (Å²) >= 11 is 0. The van der Waals surface area contributed by atoms with Crippen molar-refractivity contribution in [1.29, 1.82) is 0 Å². The van der Waals surface area contributed by atoms with Crippen LogP contribution in [0.3, 0.4) is 0 Å². The zero-order valence-electron chi connectivity index (χ0n) is 17.0. The Bertz CT molecular complexity index is 884. The molecule has 1 aromatic rings. The Kier molecular flexibility index (Phi) is 5.39. The van der Waals surface area contributed by atoms with Gasteiger partial charge in [0.05, 0.1) is 5.56 Å². The van der Waals surface area contributed by atoms with Gasteiger partial charge in [-0.1, -0.05) is 6.42 Å². The number of halogens is 2. The van der Waals surface area contributed by atoms with Crippen LogP contribution >= 0.6 is 0 Å². The third kappa shape index (κ3) is 4.09. The molecular weight excluding hydrogens is 414 g/mol. The van der Waals surface area contributed by atoms with Crippen LogP contribution in [0.15, 0.2) is 24.3 Å². The first kappa shape index (κ1) is 21.5. The molecule has 9 heteroatoms. The zero-order valence-corrected chi connectivity index (χ0v) is 17.0. The fourth-order valence-corrected chi connectivity index (χ4v) is 5.77. The van der Waals surface area contributed by atoms with E-state index in [1.54, 1.807) is 0 Å². The van der Waals surface area contributed by atoms with Crippen molar-refractivity contribution in [2.45, 2.75) is 50.6 Å². The average molecular weight is 437 g/mol. The van der Waals surface area contributed by atoms with Crippen molar-refractivity contribution in [2.24, 2.45) is 23.7 Å². The second-order valence-corrected chi connectivity index (χ2v) is 8.92. The quantitative estimate of drug-likeness (QED) is 0.498. The van der Waals surface area contributed by atoms with Crippen LogP contribution in [-0.2, 0) is 14.3 Å². The Hall–Kier alpha value is -2.71. The third-order valence-electron chi connectivity index (χ3n) is 7.05. The number of rotatable bonds is 6. The first-order valence-corrected chi connectivity index (χ1v) is 10.4. The SMILES string of the molecule is CC1(OC(=O)Oc2ccc(C(=O)OCC(F)(F)C(=O)[O-])cc2)CC2CC1C1CCCC21. The maximum Gasteiger partial charge on any atom is 0.514 e. The Morgan fingerprint density at radius 2 is 1.84 bits per heavy atom. The summed E-state index contributed by atoms with van der Waals surface area (Å²) in [6, 6.07) is 5.02. The van der Waals surface area contributed by atoms with Gasteiger partial charge >= 0.3 is 18.0 Å². The minimum Gasteiger partial charge on any atom is -0.544 e. The van der Waals surface area contributed by atoms with Crippen LogP contribution in [0.4, 0.5) is 13.6 Å². The van der Waals surface area contributed by atoms with Gasteiger partial charge in [-0.3, -0.25) is 0 Å². The first-order valence-electron chi connectivity index (χ1n) is 10.4. The Labute approximate surface area is 177 Å². The molecule has 3 fully saturated rings. The summed E-state index contributed by atoms with van der Waals surface area (Å²) in [5.41, 5.74) is -0.650. The lowest BCUT2D eigenvalue weighted by atomic mass is 9.74. The monoisotopic (exact) mass is 437 g/mol. The van der Waals surface area contributed by atoms with Crippen LogP contribution in [0.1, 0.15) is 49.4 Å². The van der Waals surface area contributed by atoms with Crippen LogP contribution in [0.2, 0.25) is 0 Å². The number of esters is 1. The molecule has 3 aliphatic carbocycles. The van der Waals surface area contributed by atoms with E-state index in [-0.39, 0.29) is 11.3 Å². The number of fused-ring (bicyclic) bond motifs is 5. The molecule has 0 saturated heterocycles. The lowest BCUT2D eigenvalue weighted by Gasteiger charge is -2.39. The smallest absolute Gasteiger partial charge is 0.514 e. The molecule has 0 radical (unpaired) electrons. The van der Waals surface area contributed by atoms with Gasteiger partial charge in [0, 0.05) is 5.92 Å². The normalized spacial score (nSPS) is 31.2. The van der Waals surface area contributed by atoms with E-state index >= 15 is 0 Å². The number of benzene rings is 1. The number of hydrogen-bond donors (Lipinski definition) is 0. The number of carboxylic acid groups (broad SMARTS) is 1. The lowest BCUT2D eigenvalue weighted by molar-refractivity contribution is -0.331. The molecular formula is C22H23F2O7-. The molecule has 2 bridgehead atoms. The number of carboxylic acids is 1. The molecule has 3 aliphatic rings. The predicted molar refractivity (Wildman–Crippen MR) is 99.2 cm³/mol. The van der Waals surface area contributed by atoms with E-state index in [1.807, 2.05) is 6.92 Å². The van der Waals surface area contributed by atoms with Crippen LogP contribution in [-0.4, -0.2) is 36.2 Å². The number of alkyl halides is 2. The van der Waals surface area contributed by atoms with Crippen LogP contribution in [0.25, 0.3) is 0 Å². The second kappa shape index (κ2) is 7.76. The summed E-state index contributed by atoms with van der Waals surface area (Å²) in [6.07, 6.45) is 4.80. The number of hydrogen-bond acceptors (Lipinski definition) is 7. The van der Waals surface area contributed by atoms with Gasteiger partial charge in [-0.2, -0.15) is 8.78 Å². The van der Waals surface area contributed by atoms with Gasteiger partial charge in [0.15, 0.2) is 6.61 Å². The molecule has 0 spiro atoms. The van der Waals surface area contributed by atoms with Crippen molar-refractivity contribution >= 4 is 18.1 Å². The third-order valence-corrected chi connectivity index (χ3v) is 7.05. The molecule has 3 saturated carbocycles. The summed E-state index contributed by atoms with van der Waals surface area (Å²) < 4.78 is 41.1. The number of aliphatic carboxylic acids is 1. The fraction of sp³-hybridized carbons (Fsp3) is 0.591. The van der Waals surface area contributed by atoms with Crippen LogP contribution in [0, 0.1) is 23.7 Å². The van der Waals surface area contributed by atoms with Crippen LogP contribution in [0.5, 0.6) is 5.75 Å². The minimum absolute atomic E-state index is 0.109. The standard InChI is InChI=1S/C22H24F2O7/c1-21(10-13-9-17(21)16-4-2-3-15(13)16)31-20(28)30-14-7-5-12(6-8-14)18(25)29-11-22(23,24)19(26)27/h5-8,13,15-17H,2-4,9-11H2,1H3,(H,26,27)/p-1. The lowest BCUT2D eigenvalue weighted by Crippen LogP contribution is -2.45. The second-order valence-electron chi connectivity index (χ2n) is 8.92. The Balaban J connectivity index is 1.30. The number of carbonyl (C=O) groups excluding carboxylic acids is 3. The average Bonchev–Trinajstić information content (AvgIpc) is 3.38. The molecule has 0 aliphatic heterocycles. The number of carbonyl (C=O) groups is 3. The summed E-state index contributed by atoms with van der Waals surface area (Å²) in [4.78, 5) is 34.4. The van der Waals surface area contributed by atoms with E-state index in [0.717, 1.165) is 18.8 Å². The maximum atomic E-state index is 12.9. The Morgan fingerprint density at radius 1 is 1.16 bits per heavy atom. The van der Waals surface area contributed by atoms with E-state index in [4.69, 9.17) is 9.47 Å². The summed E-state index contributed by atoms with van der Waals surface area (Å²) in [5.74, 6) is -5.60. The molecule has 7 nitrogen and oxygen atoms in total. The molecule has 31 heavy (non-hydrogen) atoms. The van der Waals surface area contributed by atoms with Gasteiger partial charge < -0.3 is 24.1 Å². The molecule has 0 aromatic heterocycles. The van der Waals surface area contributed by atoms with Crippen molar-refractivity contribution in [2.75, 3.05) is 6.61 Å². The highest BCUT2D eigenvalue weighted by Crippen LogP contribution is 2.63. The predicted octanol–water partition coefficient (Wildman–Crippen LogP) is 2.96. The zero-order chi connectivity index (χ0) is 22.4. The first-order chi connectivity index (χ1) is 14.6. The van der Waals surface area contributed by atoms with E-state index in [0.29, 0.717) is 17.8 Å². The summed E-state index contributed by atoms with van der Waals surface area (Å²) in [6.45, 7) is 0.330. The van der Waals surface area contributed by atoms with Gasteiger partial charge in [-0.05, 0) is 74.6 Å². The largest absolute Gasteiger partial charge is 0.544 e. The maximum absolute atomic E-state index is 12.9. The molecule has 0 heterocycles. The van der Waals surface area contributed by atoms with Gasteiger partial charge in [-0.25, -0.2) is 9.59 Å². The molecule has 4 rings (SSSR count). The molecule has 0 N–H and O–H groups in total. The number of ether oxygens (including phenoxy) is 3. The van der Waals surface area contributed by atoms with Crippen molar-refractivity contribution in [3.8, 4) is 5.75 Å². The van der Waals surface area contributed by atoms with Crippen molar-refractivity contribution in [3.63, 3.8) is 0 Å². The van der Waals surface area contributed by atoms with E-state index < -0.39 is 36.2 Å². The fourth-order valence-electron chi connectivity index (χ4n) is 5.77. The topological polar surface area (TPSA) is 102 Å². The van der Waals surface area contributed by atoms with E-state index in [2.05, 4.69) is 4.74 Å². The molecule has 0 amide bonds. The van der Waals surface area contributed by atoms with Gasteiger partial charge in [0.25, 0.3) is 0 Å². The molecule has 5 unspecified atom stereocenters. The summed E-state index contributed by atoms with van der Waals surface area (Å²) in [5, 5.41) is 10.2. The summed E-state index contributed by atoms with van der Waals surface area (Å²) in [7, 11) is 0. The highest BCUT2D eigenvalue weighted by Gasteiger charge is 2.61. The van der Waals surface area contributed by atoms with Crippen molar-refractivity contribution in [1.82, 2.24) is 0 Å². The molecule has 168 valence electrons. The van der Waals surface area contributed by atoms with Crippen LogP contribution < -0.4 is 9.84 Å². The van der Waals surface area contributed by atoms with Gasteiger partial charge in [-0.15, -0.1) is 0 Å². The van der Waals surface area contributed by atoms with E-state index in [1.165, 1.54) is 43.5 Å². The molecule has 1 aromatic carbocycles. The van der Waals surface area contributed by atoms with Gasteiger partial charge in [0.2, 0.25) is 0 Å². The Morgan fingerprint density at radius 3 is 2.52 bits per heavy atom. The molecule has 5 atom stereocenters.